The zero-order chi connectivity index (χ0) is 16.0. The molecule has 1 heterocycles. The highest BCUT2D eigenvalue weighted by Gasteiger charge is 2.32. The molecule has 5 nitrogen and oxygen atoms in total. The van der Waals surface area contributed by atoms with Gasteiger partial charge in [0.25, 0.3) is 0 Å². The first-order chi connectivity index (χ1) is 9.88. The van der Waals surface area contributed by atoms with Crippen molar-refractivity contribution in [2.45, 2.75) is 72.0 Å². The van der Waals surface area contributed by atoms with Crippen molar-refractivity contribution in [3.05, 3.63) is 0 Å². The number of hydrogen-bond donors (Lipinski definition) is 0. The molecule has 0 N–H and O–H groups in total. The summed E-state index contributed by atoms with van der Waals surface area (Å²) in [5, 5.41) is 0. The summed E-state index contributed by atoms with van der Waals surface area (Å²) in [6.07, 6.45) is 2.84. The fourth-order valence-electron chi connectivity index (χ4n) is 3.11. The maximum atomic E-state index is 12.6. The van der Waals surface area contributed by atoms with Crippen molar-refractivity contribution in [1.29, 1.82) is 0 Å². The summed E-state index contributed by atoms with van der Waals surface area (Å²) in [4.78, 5) is 28.5. The van der Waals surface area contributed by atoms with Crippen LogP contribution in [0.2, 0.25) is 0 Å². The summed E-state index contributed by atoms with van der Waals surface area (Å²) in [5.41, 5.74) is 0. The maximum absolute atomic E-state index is 12.6. The van der Waals surface area contributed by atoms with Crippen LogP contribution in [0.4, 0.5) is 0 Å². The predicted octanol–water partition coefficient (Wildman–Crippen LogP) is 2.05. The van der Waals surface area contributed by atoms with E-state index < -0.39 is 0 Å². The molecule has 122 valence electrons. The first kappa shape index (κ1) is 18.0. The van der Waals surface area contributed by atoms with Gasteiger partial charge < -0.3 is 9.64 Å². The number of likely N-dealkylation sites (tertiary alicyclic amines) is 1. The molecule has 1 aliphatic rings. The molecule has 0 radical (unpaired) electrons. The highest BCUT2D eigenvalue weighted by molar-refractivity contribution is 5.81. The highest BCUT2D eigenvalue weighted by atomic mass is 16.5. The standard InChI is InChI=1S/C16H30N2O3/c1-6-21-16(20)14-9-7-8-10-17(14)11-15(19)18(12(2)3)13(4)5/h12-14H,6-11H2,1-5H3. The number of carbonyl (C=O) groups is 2. The lowest BCUT2D eigenvalue weighted by atomic mass is 10.0. The number of ether oxygens (including phenoxy) is 1. The van der Waals surface area contributed by atoms with Crippen LogP contribution in [0.5, 0.6) is 0 Å². The van der Waals surface area contributed by atoms with E-state index in [4.69, 9.17) is 4.74 Å². The lowest BCUT2D eigenvalue weighted by molar-refractivity contribution is -0.152. The number of rotatable bonds is 6. The molecule has 1 rings (SSSR count). The largest absolute Gasteiger partial charge is 0.465 e. The Bertz CT molecular complexity index is 347. The van der Waals surface area contributed by atoms with E-state index in [1.807, 2.05) is 44.4 Å². The van der Waals surface area contributed by atoms with Crippen LogP contribution in [-0.4, -0.2) is 59.5 Å². The minimum absolute atomic E-state index is 0.0937. The Morgan fingerprint density at radius 1 is 1.19 bits per heavy atom. The molecular formula is C16H30N2O3. The SMILES string of the molecule is CCOC(=O)C1CCCCN1CC(=O)N(C(C)C)C(C)C. The minimum atomic E-state index is -0.260. The molecule has 0 aromatic heterocycles. The van der Waals surface area contributed by atoms with Gasteiger partial charge in [-0.2, -0.15) is 0 Å². The van der Waals surface area contributed by atoms with Crippen LogP contribution in [0, 0.1) is 0 Å². The van der Waals surface area contributed by atoms with Gasteiger partial charge in [0.05, 0.1) is 13.2 Å². The lowest BCUT2D eigenvalue weighted by Gasteiger charge is -2.37. The zero-order valence-corrected chi connectivity index (χ0v) is 14.1. The van der Waals surface area contributed by atoms with Crippen molar-refractivity contribution in [3.63, 3.8) is 0 Å². The second kappa shape index (κ2) is 8.37. The molecule has 1 atom stereocenters. The second-order valence-electron chi connectivity index (χ2n) is 6.22. The van der Waals surface area contributed by atoms with E-state index in [1.165, 1.54) is 0 Å². The van der Waals surface area contributed by atoms with Crippen LogP contribution in [-0.2, 0) is 14.3 Å². The van der Waals surface area contributed by atoms with Crippen LogP contribution < -0.4 is 0 Å². The third-order valence-corrected chi connectivity index (χ3v) is 3.91. The molecule has 0 aliphatic carbocycles. The van der Waals surface area contributed by atoms with Gasteiger partial charge in [0.1, 0.15) is 6.04 Å². The van der Waals surface area contributed by atoms with Gasteiger partial charge in [0.2, 0.25) is 5.91 Å². The molecule has 1 unspecified atom stereocenters. The summed E-state index contributed by atoms with van der Waals surface area (Å²) in [5.74, 6) is -0.0955. The van der Waals surface area contributed by atoms with E-state index in [0.717, 1.165) is 25.8 Å². The monoisotopic (exact) mass is 298 g/mol. The number of esters is 1. The third-order valence-electron chi connectivity index (χ3n) is 3.91. The Kier molecular flexibility index (Phi) is 7.15. The van der Waals surface area contributed by atoms with Crippen molar-refractivity contribution >= 4 is 11.9 Å². The summed E-state index contributed by atoms with van der Waals surface area (Å²) in [6.45, 7) is 11.4. The molecule has 5 heteroatoms. The van der Waals surface area contributed by atoms with Crippen LogP contribution >= 0.6 is 0 Å². The predicted molar refractivity (Wildman–Crippen MR) is 83.0 cm³/mol. The van der Waals surface area contributed by atoms with E-state index in [-0.39, 0.29) is 30.0 Å². The highest BCUT2D eigenvalue weighted by Crippen LogP contribution is 2.19. The molecular weight excluding hydrogens is 268 g/mol. The Morgan fingerprint density at radius 3 is 2.33 bits per heavy atom. The van der Waals surface area contributed by atoms with E-state index in [0.29, 0.717) is 13.2 Å². The molecule has 1 amide bonds. The van der Waals surface area contributed by atoms with Crippen LogP contribution in [0.25, 0.3) is 0 Å². The fourth-order valence-corrected chi connectivity index (χ4v) is 3.11. The van der Waals surface area contributed by atoms with Crippen molar-refractivity contribution < 1.29 is 14.3 Å². The molecule has 1 saturated heterocycles. The van der Waals surface area contributed by atoms with Gasteiger partial charge >= 0.3 is 5.97 Å². The van der Waals surface area contributed by atoms with Gasteiger partial charge in [0, 0.05) is 12.1 Å². The van der Waals surface area contributed by atoms with Crippen molar-refractivity contribution in [1.82, 2.24) is 9.80 Å². The van der Waals surface area contributed by atoms with Gasteiger partial charge in [-0.25, -0.2) is 0 Å². The fraction of sp³-hybridized carbons (Fsp3) is 0.875. The van der Waals surface area contributed by atoms with E-state index in [2.05, 4.69) is 0 Å². The van der Waals surface area contributed by atoms with Crippen molar-refractivity contribution in [2.24, 2.45) is 0 Å². The Hall–Kier alpha value is -1.10. The average Bonchev–Trinajstić information content (AvgIpc) is 2.38. The zero-order valence-electron chi connectivity index (χ0n) is 14.1. The van der Waals surface area contributed by atoms with Gasteiger partial charge in [-0.1, -0.05) is 6.42 Å². The quantitative estimate of drug-likeness (QED) is 0.704. The lowest BCUT2D eigenvalue weighted by Crippen LogP contribution is -2.52. The van der Waals surface area contributed by atoms with Crippen LogP contribution in [0.15, 0.2) is 0 Å². The maximum Gasteiger partial charge on any atom is 0.323 e. The number of hydrogen-bond acceptors (Lipinski definition) is 4. The van der Waals surface area contributed by atoms with Gasteiger partial charge in [-0.3, -0.25) is 14.5 Å². The summed E-state index contributed by atoms with van der Waals surface area (Å²) < 4.78 is 5.14. The molecule has 1 fully saturated rings. The van der Waals surface area contributed by atoms with Crippen molar-refractivity contribution in [3.8, 4) is 0 Å². The van der Waals surface area contributed by atoms with Gasteiger partial charge in [-0.05, 0) is 54.0 Å². The number of carbonyl (C=O) groups excluding carboxylic acids is 2. The Balaban J connectivity index is 2.72. The Morgan fingerprint density at radius 2 is 1.81 bits per heavy atom. The van der Waals surface area contributed by atoms with Gasteiger partial charge in [0.15, 0.2) is 0 Å². The molecule has 1 aliphatic heterocycles. The van der Waals surface area contributed by atoms with Gasteiger partial charge in [-0.15, -0.1) is 0 Å². The third kappa shape index (κ3) is 4.99. The number of amides is 1. The van der Waals surface area contributed by atoms with Crippen molar-refractivity contribution in [2.75, 3.05) is 19.7 Å². The molecule has 21 heavy (non-hydrogen) atoms. The second-order valence-corrected chi connectivity index (χ2v) is 6.22. The summed E-state index contributed by atoms with van der Waals surface area (Å²) >= 11 is 0. The summed E-state index contributed by atoms with van der Waals surface area (Å²) in [6, 6.07) is 0.0792. The summed E-state index contributed by atoms with van der Waals surface area (Å²) in [7, 11) is 0. The number of nitrogens with zero attached hydrogens (tertiary/aromatic N) is 2. The number of piperidine rings is 1. The normalized spacial score (nSPS) is 19.9. The Labute approximate surface area is 128 Å². The molecule has 0 aromatic rings. The molecule has 0 bridgehead atoms. The minimum Gasteiger partial charge on any atom is -0.465 e. The topological polar surface area (TPSA) is 49.9 Å². The van der Waals surface area contributed by atoms with E-state index in [9.17, 15) is 9.59 Å². The molecule has 0 aromatic carbocycles. The van der Waals surface area contributed by atoms with Crippen LogP contribution in [0.1, 0.15) is 53.9 Å². The molecule has 0 saturated carbocycles. The average molecular weight is 298 g/mol. The first-order valence-corrected chi connectivity index (χ1v) is 8.10. The first-order valence-electron chi connectivity index (χ1n) is 8.10. The van der Waals surface area contributed by atoms with E-state index >= 15 is 0 Å². The van der Waals surface area contributed by atoms with Crippen LogP contribution in [0.3, 0.4) is 0 Å². The molecule has 0 spiro atoms. The van der Waals surface area contributed by atoms with E-state index in [1.54, 1.807) is 0 Å². The smallest absolute Gasteiger partial charge is 0.323 e.